The molecule has 1 aromatic heterocycles. The number of nitrogens with one attached hydrogen (secondary N) is 2. The summed E-state index contributed by atoms with van der Waals surface area (Å²) in [5.74, 6) is 0.756. The number of H-pyrrole nitrogens is 1. The van der Waals surface area contributed by atoms with Gasteiger partial charge in [0, 0.05) is 17.3 Å². The zero-order chi connectivity index (χ0) is 15.3. The number of sulfonamides is 1. The Bertz CT molecular complexity index is 691. The number of hydrogen-bond donors (Lipinski definition) is 2. The van der Waals surface area contributed by atoms with Crippen molar-refractivity contribution >= 4 is 33.4 Å². The monoisotopic (exact) mass is 348 g/mol. The van der Waals surface area contributed by atoms with E-state index in [1.165, 1.54) is 37.3 Å². The first-order valence-corrected chi connectivity index (χ1v) is 8.69. The summed E-state index contributed by atoms with van der Waals surface area (Å²) in [6, 6.07) is 4.44. The summed E-state index contributed by atoms with van der Waals surface area (Å²) in [5, 5.41) is 7.34. The second-order valence-electron chi connectivity index (χ2n) is 3.83. The largest absolute Gasteiger partial charge is 0.495 e. The highest BCUT2D eigenvalue weighted by Crippen LogP contribution is 2.26. The Labute approximate surface area is 131 Å². The van der Waals surface area contributed by atoms with Crippen molar-refractivity contribution in [2.75, 3.05) is 19.4 Å². The fraction of sp³-hybridized carbons (Fsp3) is 0.273. The normalized spacial score (nSPS) is 11.5. The van der Waals surface area contributed by atoms with E-state index in [0.717, 1.165) is 0 Å². The topological polar surface area (TPSA) is 97.0 Å². The van der Waals surface area contributed by atoms with Gasteiger partial charge >= 0.3 is 0 Å². The van der Waals surface area contributed by atoms with Crippen LogP contribution in [0.2, 0.25) is 5.02 Å². The predicted molar refractivity (Wildman–Crippen MR) is 80.3 cm³/mol. The molecule has 1 aromatic carbocycles. The van der Waals surface area contributed by atoms with E-state index in [4.69, 9.17) is 16.3 Å². The van der Waals surface area contributed by atoms with Gasteiger partial charge in [0.05, 0.1) is 7.11 Å². The number of aromatic nitrogens is 3. The van der Waals surface area contributed by atoms with Crippen LogP contribution in [0.25, 0.3) is 0 Å². The molecule has 7 nitrogen and oxygen atoms in total. The number of ether oxygens (including phenoxy) is 1. The van der Waals surface area contributed by atoms with E-state index in [9.17, 15) is 8.42 Å². The van der Waals surface area contributed by atoms with Crippen LogP contribution in [0.15, 0.2) is 34.6 Å². The molecule has 0 aliphatic heterocycles. The Balaban J connectivity index is 1.99. The maximum Gasteiger partial charge on any atom is 0.244 e. The first-order valence-electron chi connectivity index (χ1n) is 5.84. The van der Waals surface area contributed by atoms with Crippen LogP contribution >= 0.6 is 23.4 Å². The van der Waals surface area contributed by atoms with Crippen molar-refractivity contribution in [3.8, 4) is 5.75 Å². The van der Waals surface area contributed by atoms with Crippen molar-refractivity contribution in [3.05, 3.63) is 29.5 Å². The summed E-state index contributed by atoms with van der Waals surface area (Å²) < 4.78 is 32.0. The van der Waals surface area contributed by atoms with Gasteiger partial charge < -0.3 is 4.74 Å². The third-order valence-electron chi connectivity index (χ3n) is 2.44. The van der Waals surface area contributed by atoms with E-state index in [-0.39, 0.29) is 17.2 Å². The van der Waals surface area contributed by atoms with Gasteiger partial charge in [0.2, 0.25) is 10.0 Å². The predicted octanol–water partition coefficient (Wildman–Crippen LogP) is 1.54. The lowest BCUT2D eigenvalue weighted by atomic mass is 10.3. The second-order valence-corrected chi connectivity index (χ2v) is 7.09. The summed E-state index contributed by atoms with van der Waals surface area (Å²) in [4.78, 5) is 3.94. The first kappa shape index (κ1) is 16.1. The fourth-order valence-corrected chi connectivity index (χ4v) is 3.75. The Morgan fingerprint density at radius 3 is 2.95 bits per heavy atom. The van der Waals surface area contributed by atoms with E-state index in [1.807, 2.05) is 0 Å². The third-order valence-corrected chi connectivity index (χ3v) is 5.04. The molecule has 0 radical (unpaired) electrons. The van der Waals surface area contributed by atoms with Gasteiger partial charge in [0.1, 0.15) is 17.0 Å². The number of thioether (sulfide) groups is 1. The molecule has 2 aromatic rings. The number of methoxy groups -OCH3 is 1. The SMILES string of the molecule is COc1ccc(Cl)cc1S(=O)(=O)NCCSc1ncn[nH]1. The van der Waals surface area contributed by atoms with Crippen LogP contribution in [-0.2, 0) is 10.0 Å². The van der Waals surface area contributed by atoms with Crippen LogP contribution in [-0.4, -0.2) is 43.0 Å². The van der Waals surface area contributed by atoms with E-state index < -0.39 is 10.0 Å². The molecule has 2 rings (SSSR count). The van der Waals surface area contributed by atoms with Gasteiger partial charge in [-0.25, -0.2) is 18.1 Å². The maximum absolute atomic E-state index is 12.2. The molecular formula is C11H13ClN4O3S2. The molecule has 0 amide bonds. The summed E-state index contributed by atoms with van der Waals surface area (Å²) in [7, 11) is -2.28. The zero-order valence-electron chi connectivity index (χ0n) is 11.0. The van der Waals surface area contributed by atoms with E-state index >= 15 is 0 Å². The van der Waals surface area contributed by atoms with E-state index in [2.05, 4.69) is 19.9 Å². The highest BCUT2D eigenvalue weighted by Gasteiger charge is 2.19. The summed E-state index contributed by atoms with van der Waals surface area (Å²) in [5.41, 5.74) is 0. The minimum atomic E-state index is -3.69. The summed E-state index contributed by atoms with van der Waals surface area (Å²) >= 11 is 7.20. The van der Waals surface area contributed by atoms with Gasteiger partial charge in [-0.2, -0.15) is 5.10 Å². The molecule has 2 N–H and O–H groups in total. The van der Waals surface area contributed by atoms with Crippen LogP contribution in [0, 0.1) is 0 Å². The van der Waals surface area contributed by atoms with Crippen LogP contribution < -0.4 is 9.46 Å². The number of nitrogens with zero attached hydrogens (tertiary/aromatic N) is 2. The molecule has 0 fully saturated rings. The van der Waals surface area contributed by atoms with Crippen LogP contribution in [0.4, 0.5) is 0 Å². The van der Waals surface area contributed by atoms with Gasteiger partial charge in [-0.1, -0.05) is 23.4 Å². The number of rotatable bonds is 7. The van der Waals surface area contributed by atoms with Gasteiger partial charge in [-0.3, -0.25) is 5.10 Å². The van der Waals surface area contributed by atoms with E-state index in [1.54, 1.807) is 6.07 Å². The summed E-state index contributed by atoms with van der Waals surface area (Å²) in [6.45, 7) is 0.239. The quantitative estimate of drug-likeness (QED) is 0.582. The molecule has 10 heteroatoms. The van der Waals surface area contributed by atoms with Crippen molar-refractivity contribution < 1.29 is 13.2 Å². The van der Waals surface area contributed by atoms with Gasteiger partial charge in [-0.15, -0.1) is 0 Å². The third kappa shape index (κ3) is 4.34. The highest BCUT2D eigenvalue weighted by molar-refractivity contribution is 7.99. The molecule has 0 aliphatic carbocycles. The standard InChI is InChI=1S/C11H13ClN4O3S2/c1-19-9-3-2-8(12)6-10(9)21(17,18)15-4-5-20-11-13-7-14-16-11/h2-3,6-7,15H,4-5H2,1H3,(H,13,14,16). The van der Waals surface area contributed by atoms with Gasteiger partial charge in [0.25, 0.3) is 0 Å². The minimum Gasteiger partial charge on any atom is -0.495 e. The number of hydrogen-bond acceptors (Lipinski definition) is 6. The molecule has 1 heterocycles. The van der Waals surface area contributed by atoms with Crippen molar-refractivity contribution in [2.24, 2.45) is 0 Å². The lowest BCUT2D eigenvalue weighted by molar-refractivity contribution is 0.402. The van der Waals surface area contributed by atoms with Crippen LogP contribution in [0.5, 0.6) is 5.75 Å². The lowest BCUT2D eigenvalue weighted by Crippen LogP contribution is -2.26. The molecule has 0 unspecified atom stereocenters. The highest BCUT2D eigenvalue weighted by atomic mass is 35.5. The van der Waals surface area contributed by atoms with Crippen molar-refractivity contribution in [1.82, 2.24) is 19.9 Å². The molecule has 0 spiro atoms. The Kier molecular flexibility index (Phi) is 5.45. The smallest absolute Gasteiger partial charge is 0.244 e. The molecule has 0 aliphatic rings. The lowest BCUT2D eigenvalue weighted by Gasteiger charge is -2.10. The van der Waals surface area contributed by atoms with Gasteiger partial charge in [-0.05, 0) is 18.2 Å². The Morgan fingerprint density at radius 1 is 1.48 bits per heavy atom. The van der Waals surface area contributed by atoms with E-state index in [0.29, 0.717) is 15.9 Å². The zero-order valence-corrected chi connectivity index (χ0v) is 13.4. The fourth-order valence-electron chi connectivity index (χ4n) is 1.53. The molecule has 21 heavy (non-hydrogen) atoms. The second kappa shape index (κ2) is 7.12. The summed E-state index contributed by atoms with van der Waals surface area (Å²) in [6.07, 6.45) is 1.39. The van der Waals surface area contributed by atoms with Crippen molar-refractivity contribution in [2.45, 2.75) is 10.1 Å². The molecular weight excluding hydrogens is 336 g/mol. The minimum absolute atomic E-state index is 0.0159. The molecule has 0 atom stereocenters. The molecule has 114 valence electrons. The van der Waals surface area contributed by atoms with Crippen molar-refractivity contribution in [3.63, 3.8) is 0 Å². The first-order chi connectivity index (χ1) is 10.0. The Hall–Kier alpha value is -1.29. The van der Waals surface area contributed by atoms with Gasteiger partial charge in [0.15, 0.2) is 5.16 Å². The average Bonchev–Trinajstić information content (AvgIpc) is 2.97. The molecule has 0 saturated carbocycles. The average molecular weight is 349 g/mol. The maximum atomic E-state index is 12.2. The molecule has 0 saturated heterocycles. The van der Waals surface area contributed by atoms with Crippen LogP contribution in [0.1, 0.15) is 0 Å². The number of halogens is 1. The molecule has 0 bridgehead atoms. The Morgan fingerprint density at radius 2 is 2.29 bits per heavy atom. The van der Waals surface area contributed by atoms with Crippen molar-refractivity contribution in [1.29, 1.82) is 0 Å². The van der Waals surface area contributed by atoms with Crippen LogP contribution in [0.3, 0.4) is 0 Å². The number of benzene rings is 1. The number of aromatic amines is 1.